The van der Waals surface area contributed by atoms with Crippen molar-refractivity contribution in [2.75, 3.05) is 0 Å². The zero-order valence-electron chi connectivity index (χ0n) is 10.6. The lowest BCUT2D eigenvalue weighted by molar-refractivity contribution is 0.906. The van der Waals surface area contributed by atoms with Crippen LogP contribution in [0.5, 0.6) is 0 Å². The molecule has 0 fully saturated rings. The molecule has 0 radical (unpaired) electrons. The summed E-state index contributed by atoms with van der Waals surface area (Å²) in [5.74, 6) is 0. The largest absolute Gasteiger partial charge is 0.351 e. The lowest BCUT2D eigenvalue weighted by Crippen LogP contribution is -1.89. The maximum atomic E-state index is 3.71. The minimum atomic E-state index is 0.912. The lowest BCUT2D eigenvalue weighted by atomic mass is 10.1. The van der Waals surface area contributed by atoms with Gasteiger partial charge in [0.25, 0.3) is 0 Å². The highest BCUT2D eigenvalue weighted by Gasteiger charge is 2.06. The van der Waals surface area contributed by atoms with Crippen molar-refractivity contribution in [1.29, 1.82) is 0 Å². The first kappa shape index (κ1) is 12.5. The van der Waals surface area contributed by atoms with Crippen molar-refractivity contribution < 1.29 is 0 Å². The highest BCUT2D eigenvalue weighted by molar-refractivity contribution is 5.55. The van der Waals surface area contributed by atoms with Crippen LogP contribution >= 0.6 is 0 Å². The van der Waals surface area contributed by atoms with Crippen molar-refractivity contribution in [3.63, 3.8) is 0 Å². The molecule has 0 aliphatic rings. The van der Waals surface area contributed by atoms with Crippen molar-refractivity contribution in [3.8, 4) is 0 Å². The standard InChI is InChI=1S/C14H20N2/c1-11(2)9-14-12(3)13(10-16(14)5)7-6-8-15-4/h6,8-10H,4,7H2,1-3,5H3/b8-6-. The van der Waals surface area contributed by atoms with Gasteiger partial charge in [0, 0.05) is 25.1 Å². The maximum Gasteiger partial charge on any atom is 0.0436 e. The minimum Gasteiger partial charge on any atom is -0.351 e. The minimum absolute atomic E-state index is 0.912. The number of rotatable bonds is 4. The fraction of sp³-hybridized carbons (Fsp3) is 0.357. The van der Waals surface area contributed by atoms with Gasteiger partial charge in [0.2, 0.25) is 0 Å². The van der Waals surface area contributed by atoms with Gasteiger partial charge in [-0.2, -0.15) is 0 Å². The van der Waals surface area contributed by atoms with E-state index in [1.165, 1.54) is 22.4 Å². The second-order valence-electron chi connectivity index (χ2n) is 4.27. The normalized spacial score (nSPS) is 10.8. The van der Waals surface area contributed by atoms with Gasteiger partial charge in [0.05, 0.1) is 0 Å². The molecule has 0 saturated carbocycles. The zero-order chi connectivity index (χ0) is 12.1. The van der Waals surface area contributed by atoms with Crippen molar-refractivity contribution in [2.24, 2.45) is 12.0 Å². The molecule has 0 bridgehead atoms. The molecule has 0 atom stereocenters. The highest BCUT2D eigenvalue weighted by atomic mass is 14.9. The summed E-state index contributed by atoms with van der Waals surface area (Å²) in [5.41, 5.74) is 5.29. The molecule has 0 unspecified atom stereocenters. The van der Waals surface area contributed by atoms with E-state index in [9.17, 15) is 0 Å². The van der Waals surface area contributed by atoms with E-state index in [-0.39, 0.29) is 0 Å². The van der Waals surface area contributed by atoms with E-state index in [1.807, 2.05) is 6.08 Å². The van der Waals surface area contributed by atoms with Gasteiger partial charge >= 0.3 is 0 Å². The Bertz CT molecular complexity index is 430. The van der Waals surface area contributed by atoms with E-state index in [1.54, 1.807) is 6.20 Å². The Kier molecular flexibility index (Phi) is 4.29. The molecule has 86 valence electrons. The Morgan fingerprint density at radius 3 is 2.75 bits per heavy atom. The molecule has 0 N–H and O–H groups in total. The monoisotopic (exact) mass is 216 g/mol. The summed E-state index contributed by atoms with van der Waals surface area (Å²) in [5, 5.41) is 0. The average Bonchev–Trinajstić information content (AvgIpc) is 2.46. The number of hydrogen-bond donors (Lipinski definition) is 0. The van der Waals surface area contributed by atoms with Crippen LogP contribution in [0.1, 0.15) is 30.7 Å². The second kappa shape index (κ2) is 5.50. The van der Waals surface area contributed by atoms with Crippen LogP contribution in [0.2, 0.25) is 0 Å². The molecular formula is C14H20N2. The summed E-state index contributed by atoms with van der Waals surface area (Å²) in [7, 11) is 2.08. The number of allylic oxidation sites excluding steroid dienone is 2. The summed E-state index contributed by atoms with van der Waals surface area (Å²) in [6.07, 6.45) is 9.08. The summed E-state index contributed by atoms with van der Waals surface area (Å²) < 4.78 is 2.17. The van der Waals surface area contributed by atoms with Gasteiger partial charge in [0.15, 0.2) is 0 Å². The Morgan fingerprint density at radius 2 is 2.19 bits per heavy atom. The molecule has 1 aromatic heterocycles. The highest BCUT2D eigenvalue weighted by Crippen LogP contribution is 2.19. The molecule has 16 heavy (non-hydrogen) atoms. The van der Waals surface area contributed by atoms with Crippen LogP contribution in [0, 0.1) is 6.92 Å². The molecule has 2 nitrogen and oxygen atoms in total. The van der Waals surface area contributed by atoms with Crippen LogP contribution in [0.3, 0.4) is 0 Å². The molecule has 1 aromatic rings. The van der Waals surface area contributed by atoms with Crippen molar-refractivity contribution >= 4 is 12.8 Å². The quantitative estimate of drug-likeness (QED) is 0.685. The van der Waals surface area contributed by atoms with Crippen LogP contribution < -0.4 is 0 Å². The summed E-state index contributed by atoms with van der Waals surface area (Å²) in [4.78, 5) is 3.71. The third-order valence-electron chi connectivity index (χ3n) is 2.57. The third kappa shape index (κ3) is 2.96. The van der Waals surface area contributed by atoms with Gasteiger partial charge in [0.1, 0.15) is 0 Å². The Hall–Kier alpha value is -1.57. The maximum absolute atomic E-state index is 3.71. The van der Waals surface area contributed by atoms with E-state index in [2.05, 4.69) is 56.4 Å². The smallest absolute Gasteiger partial charge is 0.0436 e. The van der Waals surface area contributed by atoms with Crippen molar-refractivity contribution in [1.82, 2.24) is 4.57 Å². The number of aryl methyl sites for hydroxylation is 1. The van der Waals surface area contributed by atoms with E-state index >= 15 is 0 Å². The molecule has 1 heterocycles. The average molecular weight is 216 g/mol. The molecule has 0 saturated heterocycles. The molecule has 0 spiro atoms. The zero-order valence-corrected chi connectivity index (χ0v) is 10.6. The molecule has 0 aliphatic heterocycles. The summed E-state index contributed by atoms with van der Waals surface area (Å²) in [6.45, 7) is 9.83. The number of aliphatic imine (C=N–C) groups is 1. The molecule has 0 aliphatic carbocycles. The molecule has 2 heteroatoms. The van der Waals surface area contributed by atoms with E-state index in [0.717, 1.165) is 6.42 Å². The predicted octanol–water partition coefficient (Wildman–Crippen LogP) is 3.51. The van der Waals surface area contributed by atoms with Crippen molar-refractivity contribution in [2.45, 2.75) is 27.2 Å². The third-order valence-corrected chi connectivity index (χ3v) is 2.57. The molecule has 0 amide bonds. The predicted molar refractivity (Wildman–Crippen MR) is 71.9 cm³/mol. The Balaban J connectivity index is 3.01. The van der Waals surface area contributed by atoms with Crippen LogP contribution in [-0.2, 0) is 13.5 Å². The van der Waals surface area contributed by atoms with Gasteiger partial charge in [-0.25, -0.2) is 0 Å². The SMILES string of the molecule is C=N/C=C\Cc1cn(C)c(C=C(C)C)c1C. The summed E-state index contributed by atoms with van der Waals surface area (Å²) in [6, 6.07) is 0. The van der Waals surface area contributed by atoms with Gasteiger partial charge in [-0.3, -0.25) is 4.99 Å². The van der Waals surface area contributed by atoms with Gasteiger partial charge in [-0.1, -0.05) is 11.6 Å². The first-order valence-corrected chi connectivity index (χ1v) is 5.46. The van der Waals surface area contributed by atoms with Crippen LogP contribution in [-0.4, -0.2) is 11.3 Å². The lowest BCUT2D eigenvalue weighted by Gasteiger charge is -1.99. The Morgan fingerprint density at radius 1 is 1.50 bits per heavy atom. The first-order chi connectivity index (χ1) is 7.56. The number of nitrogens with zero attached hydrogens (tertiary/aromatic N) is 2. The van der Waals surface area contributed by atoms with E-state index in [0.29, 0.717) is 0 Å². The number of hydrogen-bond acceptors (Lipinski definition) is 1. The topological polar surface area (TPSA) is 17.3 Å². The molecule has 1 rings (SSSR count). The Labute approximate surface area is 98.0 Å². The first-order valence-electron chi connectivity index (χ1n) is 5.46. The van der Waals surface area contributed by atoms with Crippen LogP contribution in [0.15, 0.2) is 29.0 Å². The van der Waals surface area contributed by atoms with Gasteiger partial charge in [-0.05, 0) is 51.1 Å². The molecular weight excluding hydrogens is 196 g/mol. The summed E-state index contributed by atoms with van der Waals surface area (Å²) >= 11 is 0. The van der Waals surface area contributed by atoms with Gasteiger partial charge in [-0.15, -0.1) is 0 Å². The fourth-order valence-electron chi connectivity index (χ4n) is 1.77. The molecule has 0 aromatic carbocycles. The second-order valence-corrected chi connectivity index (χ2v) is 4.27. The van der Waals surface area contributed by atoms with E-state index < -0.39 is 0 Å². The number of aromatic nitrogens is 1. The fourth-order valence-corrected chi connectivity index (χ4v) is 1.77. The van der Waals surface area contributed by atoms with Gasteiger partial charge < -0.3 is 4.57 Å². The van der Waals surface area contributed by atoms with E-state index in [4.69, 9.17) is 0 Å². The van der Waals surface area contributed by atoms with Crippen molar-refractivity contribution in [3.05, 3.63) is 40.9 Å². The van der Waals surface area contributed by atoms with Crippen LogP contribution in [0.4, 0.5) is 0 Å². The van der Waals surface area contributed by atoms with Crippen LogP contribution in [0.25, 0.3) is 6.08 Å².